The van der Waals surface area contributed by atoms with Crippen molar-refractivity contribution in [2.45, 2.75) is 25.8 Å². The number of carbonyl (C=O) groups is 2. The number of aliphatic hydroxyl groups is 1. The summed E-state index contributed by atoms with van der Waals surface area (Å²) in [7, 11) is 0. The second-order valence-electron chi connectivity index (χ2n) is 4.29. The molecule has 1 aromatic rings. The zero-order valence-electron chi connectivity index (χ0n) is 10.0. The van der Waals surface area contributed by atoms with Crippen LogP contribution in [0.5, 0.6) is 0 Å². The summed E-state index contributed by atoms with van der Waals surface area (Å²) >= 11 is 0. The molecule has 3 N–H and O–H groups in total. The first kappa shape index (κ1) is 12.6. The molecule has 0 saturated carbocycles. The van der Waals surface area contributed by atoms with E-state index in [9.17, 15) is 9.59 Å². The van der Waals surface area contributed by atoms with Crippen molar-refractivity contribution >= 4 is 17.5 Å². The number of rotatable bonds is 4. The maximum Gasteiger partial charge on any atom is 0.224 e. The molecule has 0 spiro atoms. The van der Waals surface area contributed by atoms with Gasteiger partial charge in [0.25, 0.3) is 0 Å². The Balaban J connectivity index is 1.99. The van der Waals surface area contributed by atoms with Crippen molar-refractivity contribution in [2.24, 2.45) is 0 Å². The highest BCUT2D eigenvalue weighted by Gasteiger charge is 2.14. The van der Waals surface area contributed by atoms with Gasteiger partial charge in [-0.15, -0.1) is 0 Å². The summed E-state index contributed by atoms with van der Waals surface area (Å²) in [6.45, 7) is 0.308. The predicted octanol–water partition coefficient (Wildman–Crippen LogP) is 0.570. The number of carbonyl (C=O) groups excluding carboxylic acids is 2. The smallest absolute Gasteiger partial charge is 0.224 e. The third-order valence-corrected chi connectivity index (χ3v) is 2.89. The van der Waals surface area contributed by atoms with Gasteiger partial charge in [0, 0.05) is 25.1 Å². The Morgan fingerprint density at radius 3 is 3.00 bits per heavy atom. The Labute approximate surface area is 105 Å². The van der Waals surface area contributed by atoms with Crippen LogP contribution in [0.25, 0.3) is 0 Å². The van der Waals surface area contributed by atoms with E-state index in [-0.39, 0.29) is 24.8 Å². The molecule has 1 aliphatic rings. The van der Waals surface area contributed by atoms with Crippen molar-refractivity contribution in [1.82, 2.24) is 5.32 Å². The quantitative estimate of drug-likeness (QED) is 0.729. The lowest BCUT2D eigenvalue weighted by molar-refractivity contribution is -0.122. The van der Waals surface area contributed by atoms with E-state index in [1.165, 1.54) is 0 Å². The van der Waals surface area contributed by atoms with Crippen LogP contribution in [-0.2, 0) is 22.6 Å². The van der Waals surface area contributed by atoms with Crippen LogP contribution in [0.1, 0.15) is 24.0 Å². The number of amides is 2. The molecule has 1 aliphatic heterocycles. The van der Waals surface area contributed by atoms with Crippen molar-refractivity contribution in [3.63, 3.8) is 0 Å². The number of nitrogens with one attached hydrogen (secondary N) is 2. The van der Waals surface area contributed by atoms with Gasteiger partial charge < -0.3 is 15.7 Å². The zero-order valence-corrected chi connectivity index (χ0v) is 10.0. The van der Waals surface area contributed by atoms with Crippen LogP contribution in [-0.4, -0.2) is 23.5 Å². The molecule has 2 rings (SSSR count). The second-order valence-corrected chi connectivity index (χ2v) is 4.29. The van der Waals surface area contributed by atoms with Gasteiger partial charge in [-0.3, -0.25) is 9.59 Å². The monoisotopic (exact) mass is 248 g/mol. The summed E-state index contributed by atoms with van der Waals surface area (Å²) in [5, 5.41) is 14.2. The Bertz CT molecular complexity index is 471. The molecule has 1 aromatic carbocycles. The van der Waals surface area contributed by atoms with E-state index in [0.29, 0.717) is 13.0 Å². The first-order valence-electron chi connectivity index (χ1n) is 5.98. The molecular weight excluding hydrogens is 232 g/mol. The molecule has 0 aromatic heterocycles. The zero-order chi connectivity index (χ0) is 13.0. The van der Waals surface area contributed by atoms with E-state index in [1.54, 1.807) is 0 Å². The van der Waals surface area contributed by atoms with Crippen LogP contribution < -0.4 is 10.6 Å². The number of hydrogen-bond donors (Lipinski definition) is 3. The van der Waals surface area contributed by atoms with Gasteiger partial charge in [0.05, 0.1) is 6.61 Å². The normalized spacial score (nSPS) is 13.7. The molecule has 96 valence electrons. The standard InChI is InChI=1S/C13H16N2O3/c16-6-5-12(17)14-8-9-1-3-11-10(7-9)2-4-13(18)15-11/h1,3,7,16H,2,4-6,8H2,(H,14,17)(H,15,18). The van der Waals surface area contributed by atoms with Crippen LogP contribution in [0.4, 0.5) is 5.69 Å². The Morgan fingerprint density at radius 2 is 2.22 bits per heavy atom. The van der Waals surface area contributed by atoms with Gasteiger partial charge in [-0.1, -0.05) is 12.1 Å². The summed E-state index contributed by atoms with van der Waals surface area (Å²) in [6.07, 6.45) is 1.37. The minimum absolute atomic E-state index is 0.0477. The molecule has 0 atom stereocenters. The average molecular weight is 248 g/mol. The minimum Gasteiger partial charge on any atom is -0.396 e. The van der Waals surface area contributed by atoms with Crippen LogP contribution in [0, 0.1) is 0 Å². The van der Waals surface area contributed by atoms with Crippen LogP contribution >= 0.6 is 0 Å². The lowest BCUT2D eigenvalue weighted by Gasteiger charge is -2.17. The maximum absolute atomic E-state index is 11.2. The SMILES string of the molecule is O=C(CCO)NCc1ccc2c(c1)CCC(=O)N2. The fourth-order valence-corrected chi connectivity index (χ4v) is 1.94. The average Bonchev–Trinajstić information content (AvgIpc) is 2.36. The molecule has 18 heavy (non-hydrogen) atoms. The van der Waals surface area contributed by atoms with Crippen LogP contribution in [0.2, 0.25) is 0 Å². The first-order chi connectivity index (χ1) is 8.69. The van der Waals surface area contributed by atoms with Gasteiger partial charge >= 0.3 is 0 Å². The molecule has 0 aliphatic carbocycles. The van der Waals surface area contributed by atoms with Crippen molar-refractivity contribution in [3.05, 3.63) is 29.3 Å². The van der Waals surface area contributed by atoms with Crippen molar-refractivity contribution in [2.75, 3.05) is 11.9 Å². The topological polar surface area (TPSA) is 78.4 Å². The van der Waals surface area contributed by atoms with Gasteiger partial charge in [-0.05, 0) is 23.6 Å². The summed E-state index contributed by atoms with van der Waals surface area (Å²) in [5.41, 5.74) is 2.95. The van der Waals surface area contributed by atoms with Gasteiger partial charge in [0.2, 0.25) is 11.8 Å². The molecule has 5 heteroatoms. The molecule has 0 saturated heterocycles. The lowest BCUT2D eigenvalue weighted by atomic mass is 10.0. The predicted molar refractivity (Wildman–Crippen MR) is 66.9 cm³/mol. The molecule has 0 fully saturated rings. The van der Waals surface area contributed by atoms with Gasteiger partial charge in [0.15, 0.2) is 0 Å². The Hall–Kier alpha value is -1.88. The van der Waals surface area contributed by atoms with Crippen molar-refractivity contribution < 1.29 is 14.7 Å². The van der Waals surface area contributed by atoms with E-state index in [4.69, 9.17) is 5.11 Å². The maximum atomic E-state index is 11.2. The van der Waals surface area contributed by atoms with Gasteiger partial charge in [-0.2, -0.15) is 0 Å². The van der Waals surface area contributed by atoms with Crippen LogP contribution in [0.15, 0.2) is 18.2 Å². The highest BCUT2D eigenvalue weighted by atomic mass is 16.3. The molecule has 5 nitrogen and oxygen atoms in total. The van der Waals surface area contributed by atoms with Crippen LogP contribution in [0.3, 0.4) is 0 Å². The highest BCUT2D eigenvalue weighted by molar-refractivity contribution is 5.93. The summed E-state index contributed by atoms with van der Waals surface area (Å²) < 4.78 is 0. The number of fused-ring (bicyclic) bond motifs is 1. The molecule has 2 amide bonds. The van der Waals surface area contributed by atoms with E-state index in [0.717, 1.165) is 23.2 Å². The Kier molecular flexibility index (Phi) is 3.94. The Morgan fingerprint density at radius 1 is 1.39 bits per heavy atom. The number of aryl methyl sites for hydroxylation is 1. The molecule has 1 heterocycles. The number of aliphatic hydroxyl groups excluding tert-OH is 1. The fourth-order valence-electron chi connectivity index (χ4n) is 1.94. The summed E-state index contributed by atoms with van der Waals surface area (Å²) in [6, 6.07) is 5.73. The third-order valence-electron chi connectivity index (χ3n) is 2.89. The van der Waals surface area contributed by atoms with E-state index in [2.05, 4.69) is 10.6 Å². The van der Waals surface area contributed by atoms with E-state index in [1.807, 2.05) is 18.2 Å². The number of anilines is 1. The first-order valence-corrected chi connectivity index (χ1v) is 5.98. The number of hydrogen-bond acceptors (Lipinski definition) is 3. The van der Waals surface area contributed by atoms with Crippen molar-refractivity contribution in [1.29, 1.82) is 0 Å². The molecule has 0 bridgehead atoms. The van der Waals surface area contributed by atoms with E-state index < -0.39 is 0 Å². The van der Waals surface area contributed by atoms with Gasteiger partial charge in [0.1, 0.15) is 0 Å². The van der Waals surface area contributed by atoms with Gasteiger partial charge in [-0.25, -0.2) is 0 Å². The fraction of sp³-hybridized carbons (Fsp3) is 0.385. The summed E-state index contributed by atoms with van der Waals surface area (Å²) in [5.74, 6) is -0.116. The largest absolute Gasteiger partial charge is 0.396 e. The second kappa shape index (κ2) is 5.64. The molecule has 0 unspecified atom stereocenters. The minimum atomic E-state index is -0.163. The lowest BCUT2D eigenvalue weighted by Crippen LogP contribution is -2.24. The number of benzene rings is 1. The summed E-state index contributed by atoms with van der Waals surface area (Å²) in [4.78, 5) is 22.4. The highest BCUT2D eigenvalue weighted by Crippen LogP contribution is 2.23. The third kappa shape index (κ3) is 3.07. The molecule has 0 radical (unpaired) electrons. The van der Waals surface area contributed by atoms with Crippen molar-refractivity contribution in [3.8, 4) is 0 Å². The molecular formula is C13H16N2O3. The van der Waals surface area contributed by atoms with E-state index >= 15 is 0 Å².